The van der Waals surface area contributed by atoms with Gasteiger partial charge in [0.2, 0.25) is 0 Å². The van der Waals surface area contributed by atoms with Crippen LogP contribution < -0.4 is 0 Å². The lowest BCUT2D eigenvalue weighted by Crippen LogP contribution is -2.67. The summed E-state index contributed by atoms with van der Waals surface area (Å²) in [5, 5.41) is 10.2. The fourth-order valence-corrected chi connectivity index (χ4v) is 5.55. The first-order valence-corrected chi connectivity index (χ1v) is 11.7. The molecule has 32 heavy (non-hydrogen) atoms. The topological polar surface area (TPSA) is 52.5 Å². The Morgan fingerprint density at radius 1 is 0.969 bits per heavy atom. The molecule has 0 bridgehead atoms. The Kier molecular flexibility index (Phi) is 6.30. The minimum absolute atomic E-state index is 0.213. The van der Waals surface area contributed by atoms with E-state index in [-0.39, 0.29) is 12.6 Å². The molecule has 2 aliphatic heterocycles. The maximum Gasteiger partial charge on any atom is 0.115 e. The number of rotatable bonds is 5. The van der Waals surface area contributed by atoms with E-state index in [0.29, 0.717) is 12.0 Å². The zero-order valence-electron chi connectivity index (χ0n) is 18.8. The minimum atomic E-state index is 0.213. The first kappa shape index (κ1) is 21.3. The number of aryl methyl sites for hydroxylation is 1. The van der Waals surface area contributed by atoms with E-state index in [1.807, 2.05) is 12.4 Å². The number of hydrogen-bond acceptors (Lipinski definition) is 5. The Balaban J connectivity index is 1.36. The van der Waals surface area contributed by atoms with Gasteiger partial charge in [0.25, 0.3) is 0 Å². The van der Waals surface area contributed by atoms with Crippen LogP contribution in [0.5, 0.6) is 0 Å². The lowest BCUT2D eigenvalue weighted by atomic mass is 9.74. The van der Waals surface area contributed by atoms with Gasteiger partial charge in [0.1, 0.15) is 6.33 Å². The molecule has 0 saturated carbocycles. The van der Waals surface area contributed by atoms with Crippen molar-refractivity contribution in [3.8, 4) is 11.1 Å². The normalized spacial score (nSPS) is 24.2. The van der Waals surface area contributed by atoms with Crippen molar-refractivity contribution in [2.45, 2.75) is 44.3 Å². The fraction of sp³-hybridized carbons (Fsp3) is 0.407. The molecule has 2 aliphatic rings. The standard InChI is InChI=1S/C27H32N4O/c1-20-5-4-6-24(13-20)22-7-9-23(10-8-22)27-25-17-30(16-21-14-28-19-29-15-21)11-2-3-12-31(25)26(27)18-32/h4-10,13-15,19,25-27,32H,2-3,11-12,16-18H2,1H3/t25-,26+,27+/m0/s1. The van der Waals surface area contributed by atoms with Gasteiger partial charge < -0.3 is 5.11 Å². The van der Waals surface area contributed by atoms with Crippen LogP contribution in [0.2, 0.25) is 0 Å². The highest BCUT2D eigenvalue weighted by molar-refractivity contribution is 5.64. The van der Waals surface area contributed by atoms with E-state index in [9.17, 15) is 5.11 Å². The van der Waals surface area contributed by atoms with Gasteiger partial charge in [-0.25, -0.2) is 9.97 Å². The molecule has 1 N–H and O–H groups in total. The summed E-state index contributed by atoms with van der Waals surface area (Å²) in [7, 11) is 0. The summed E-state index contributed by atoms with van der Waals surface area (Å²) in [6, 6.07) is 18.3. The highest BCUT2D eigenvalue weighted by Crippen LogP contribution is 2.42. The maximum atomic E-state index is 10.2. The minimum Gasteiger partial charge on any atom is -0.395 e. The van der Waals surface area contributed by atoms with E-state index >= 15 is 0 Å². The van der Waals surface area contributed by atoms with E-state index in [1.54, 1.807) is 6.33 Å². The summed E-state index contributed by atoms with van der Waals surface area (Å²) in [5.41, 5.74) is 6.28. The highest BCUT2D eigenvalue weighted by atomic mass is 16.3. The third-order valence-electron chi connectivity index (χ3n) is 7.12. The molecule has 3 atom stereocenters. The van der Waals surface area contributed by atoms with Crippen LogP contribution in [0.1, 0.15) is 35.4 Å². The van der Waals surface area contributed by atoms with E-state index in [2.05, 4.69) is 75.2 Å². The zero-order chi connectivity index (χ0) is 21.9. The van der Waals surface area contributed by atoms with Gasteiger partial charge in [0.15, 0.2) is 0 Å². The summed E-state index contributed by atoms with van der Waals surface area (Å²) in [6.07, 6.45) is 7.79. The first-order chi connectivity index (χ1) is 15.7. The molecule has 166 valence electrons. The molecule has 0 amide bonds. The Bertz CT molecular complexity index is 1020. The van der Waals surface area contributed by atoms with Gasteiger partial charge in [-0.15, -0.1) is 0 Å². The molecule has 0 unspecified atom stereocenters. The highest BCUT2D eigenvalue weighted by Gasteiger charge is 2.49. The van der Waals surface area contributed by atoms with Crippen LogP contribution in [-0.4, -0.2) is 63.2 Å². The van der Waals surface area contributed by atoms with Crippen LogP contribution in [0.25, 0.3) is 11.1 Å². The number of nitrogens with zero attached hydrogens (tertiary/aromatic N) is 4. The average molecular weight is 429 g/mol. The van der Waals surface area contributed by atoms with Crippen molar-refractivity contribution in [1.29, 1.82) is 0 Å². The van der Waals surface area contributed by atoms with E-state index in [1.165, 1.54) is 35.1 Å². The smallest absolute Gasteiger partial charge is 0.115 e. The molecule has 0 spiro atoms. The second kappa shape index (κ2) is 9.49. The summed E-state index contributed by atoms with van der Waals surface area (Å²) in [5.74, 6) is 0.360. The van der Waals surface area contributed by atoms with Crippen LogP contribution in [-0.2, 0) is 6.54 Å². The predicted octanol–water partition coefficient (Wildman–Crippen LogP) is 3.88. The van der Waals surface area contributed by atoms with Gasteiger partial charge in [-0.1, -0.05) is 54.1 Å². The molecule has 0 aliphatic carbocycles. The monoisotopic (exact) mass is 428 g/mol. The molecule has 3 aromatic rings. The van der Waals surface area contributed by atoms with Gasteiger partial charge >= 0.3 is 0 Å². The van der Waals surface area contributed by atoms with Crippen molar-refractivity contribution in [3.63, 3.8) is 0 Å². The molecule has 1 aromatic heterocycles. The summed E-state index contributed by atoms with van der Waals surface area (Å²) in [6.45, 7) is 6.42. The van der Waals surface area contributed by atoms with E-state index in [4.69, 9.17) is 0 Å². The number of aromatic nitrogens is 2. The zero-order valence-corrected chi connectivity index (χ0v) is 18.8. The molecule has 2 saturated heterocycles. The van der Waals surface area contributed by atoms with Crippen molar-refractivity contribution in [3.05, 3.63) is 83.9 Å². The first-order valence-electron chi connectivity index (χ1n) is 11.7. The molecule has 0 radical (unpaired) electrons. The largest absolute Gasteiger partial charge is 0.395 e. The van der Waals surface area contributed by atoms with Gasteiger partial charge in [-0.3, -0.25) is 9.80 Å². The number of hydrogen-bond donors (Lipinski definition) is 1. The second-order valence-corrected chi connectivity index (χ2v) is 9.26. The lowest BCUT2D eigenvalue weighted by molar-refractivity contribution is -0.0655. The lowest BCUT2D eigenvalue weighted by Gasteiger charge is -2.57. The van der Waals surface area contributed by atoms with Crippen molar-refractivity contribution in [1.82, 2.24) is 19.8 Å². The van der Waals surface area contributed by atoms with E-state index in [0.717, 1.165) is 31.7 Å². The third-order valence-corrected chi connectivity index (χ3v) is 7.12. The van der Waals surface area contributed by atoms with Crippen molar-refractivity contribution in [2.75, 3.05) is 26.2 Å². The van der Waals surface area contributed by atoms with Crippen LogP contribution in [0.3, 0.4) is 0 Å². The predicted molar refractivity (Wildman–Crippen MR) is 127 cm³/mol. The SMILES string of the molecule is Cc1cccc(-c2ccc([C@H]3[C@@H](CO)N4CCCCN(Cc5cncnc5)C[C@@H]34)cc2)c1. The molecular formula is C27H32N4O. The number of fused-ring (bicyclic) bond motifs is 1. The second-order valence-electron chi connectivity index (χ2n) is 9.26. The number of benzene rings is 2. The van der Waals surface area contributed by atoms with Crippen LogP contribution >= 0.6 is 0 Å². The summed E-state index contributed by atoms with van der Waals surface area (Å²) >= 11 is 0. The van der Waals surface area contributed by atoms with Crippen LogP contribution in [0.15, 0.2) is 67.3 Å². The Morgan fingerprint density at radius 3 is 2.50 bits per heavy atom. The quantitative estimate of drug-likeness (QED) is 0.668. The summed E-state index contributed by atoms with van der Waals surface area (Å²) < 4.78 is 0. The van der Waals surface area contributed by atoms with Gasteiger partial charge in [0.05, 0.1) is 6.61 Å². The fourth-order valence-electron chi connectivity index (χ4n) is 5.55. The van der Waals surface area contributed by atoms with Crippen molar-refractivity contribution >= 4 is 0 Å². The average Bonchev–Trinajstić information content (AvgIpc) is 2.81. The Hall–Kier alpha value is -2.60. The van der Waals surface area contributed by atoms with Crippen molar-refractivity contribution < 1.29 is 5.11 Å². The van der Waals surface area contributed by atoms with Crippen molar-refractivity contribution in [2.24, 2.45) is 0 Å². The van der Waals surface area contributed by atoms with E-state index < -0.39 is 0 Å². The van der Waals surface area contributed by atoms with Crippen LogP contribution in [0.4, 0.5) is 0 Å². The molecule has 2 fully saturated rings. The van der Waals surface area contributed by atoms with Gasteiger partial charge in [-0.05, 0) is 49.5 Å². The molecule has 2 aromatic carbocycles. The molecular weight excluding hydrogens is 396 g/mol. The molecule has 3 heterocycles. The van der Waals surface area contributed by atoms with Gasteiger partial charge in [0, 0.05) is 49.0 Å². The van der Waals surface area contributed by atoms with Gasteiger partial charge in [-0.2, -0.15) is 0 Å². The Labute approximate surface area is 190 Å². The Morgan fingerprint density at radius 2 is 1.75 bits per heavy atom. The number of aliphatic hydroxyl groups is 1. The summed E-state index contributed by atoms with van der Waals surface area (Å²) in [4.78, 5) is 13.4. The number of aliphatic hydroxyl groups excluding tert-OH is 1. The molecule has 5 nitrogen and oxygen atoms in total. The molecule has 5 heteroatoms. The third kappa shape index (κ3) is 4.33. The van der Waals surface area contributed by atoms with Crippen LogP contribution in [0, 0.1) is 6.92 Å². The molecule has 5 rings (SSSR count). The maximum absolute atomic E-state index is 10.2.